The van der Waals surface area contributed by atoms with E-state index in [2.05, 4.69) is 4.98 Å². The van der Waals surface area contributed by atoms with Crippen molar-refractivity contribution in [1.29, 1.82) is 0 Å². The van der Waals surface area contributed by atoms with Crippen molar-refractivity contribution in [3.63, 3.8) is 0 Å². The first kappa shape index (κ1) is 15.7. The number of rotatable bonds is 5. The first-order chi connectivity index (χ1) is 10.0. The van der Waals surface area contributed by atoms with Crippen LogP contribution in [0.2, 0.25) is 5.02 Å². The second kappa shape index (κ2) is 6.87. The van der Waals surface area contributed by atoms with Gasteiger partial charge in [0.2, 0.25) is 5.88 Å². The van der Waals surface area contributed by atoms with Crippen molar-refractivity contribution in [1.82, 2.24) is 4.98 Å². The van der Waals surface area contributed by atoms with Crippen LogP contribution in [0, 0.1) is 12.7 Å². The predicted octanol–water partition coefficient (Wildman–Crippen LogP) is 4.25. The zero-order chi connectivity index (χ0) is 15.4. The van der Waals surface area contributed by atoms with Gasteiger partial charge < -0.3 is 10.5 Å². The van der Waals surface area contributed by atoms with Gasteiger partial charge in [-0.3, -0.25) is 0 Å². The van der Waals surface area contributed by atoms with Gasteiger partial charge in [0, 0.05) is 17.8 Å². The highest BCUT2D eigenvalue weighted by molar-refractivity contribution is 6.30. The molecule has 2 aromatic rings. The van der Waals surface area contributed by atoms with Gasteiger partial charge in [-0.05, 0) is 43.5 Å². The molecule has 0 radical (unpaired) electrons. The summed E-state index contributed by atoms with van der Waals surface area (Å²) in [6.07, 6.45) is 3.38. The van der Waals surface area contributed by atoms with Gasteiger partial charge in [-0.1, -0.05) is 24.6 Å². The summed E-state index contributed by atoms with van der Waals surface area (Å²) in [6, 6.07) is 6.69. The molecule has 0 bridgehead atoms. The topological polar surface area (TPSA) is 48.1 Å². The maximum absolute atomic E-state index is 13.8. The Morgan fingerprint density at radius 2 is 2.19 bits per heavy atom. The SMILES string of the molecule is CCC(N)Cc1cnc(Oc2cccc(Cl)c2F)c(C)c1. The summed E-state index contributed by atoms with van der Waals surface area (Å²) in [5.41, 5.74) is 7.80. The van der Waals surface area contributed by atoms with Crippen LogP contribution in [0.15, 0.2) is 30.5 Å². The Morgan fingerprint density at radius 3 is 2.86 bits per heavy atom. The summed E-state index contributed by atoms with van der Waals surface area (Å²) in [7, 11) is 0. The quantitative estimate of drug-likeness (QED) is 0.898. The number of halogens is 2. The Balaban J connectivity index is 2.19. The molecule has 0 aliphatic heterocycles. The maximum Gasteiger partial charge on any atom is 0.222 e. The van der Waals surface area contributed by atoms with E-state index >= 15 is 0 Å². The van der Waals surface area contributed by atoms with Crippen LogP contribution in [0.1, 0.15) is 24.5 Å². The third-order valence-corrected chi connectivity index (χ3v) is 3.52. The lowest BCUT2D eigenvalue weighted by atomic mass is 10.1. The van der Waals surface area contributed by atoms with Crippen molar-refractivity contribution in [3.05, 3.63) is 52.4 Å². The summed E-state index contributed by atoms with van der Waals surface area (Å²) in [5.74, 6) is -0.154. The summed E-state index contributed by atoms with van der Waals surface area (Å²) in [5, 5.41) is 0.0238. The molecule has 3 nitrogen and oxygen atoms in total. The van der Waals surface area contributed by atoms with Crippen molar-refractivity contribution in [2.75, 3.05) is 0 Å². The summed E-state index contributed by atoms with van der Waals surface area (Å²) < 4.78 is 19.3. The molecule has 21 heavy (non-hydrogen) atoms. The minimum Gasteiger partial charge on any atom is -0.436 e. The number of benzene rings is 1. The van der Waals surface area contributed by atoms with E-state index in [1.807, 2.05) is 19.9 Å². The molecule has 0 aliphatic carbocycles. The molecule has 1 aromatic carbocycles. The predicted molar refractivity (Wildman–Crippen MR) is 82.4 cm³/mol. The minimum absolute atomic E-state index is 0.0238. The Morgan fingerprint density at radius 1 is 1.43 bits per heavy atom. The van der Waals surface area contributed by atoms with E-state index in [4.69, 9.17) is 22.1 Å². The fraction of sp³-hybridized carbons (Fsp3) is 0.312. The second-order valence-corrected chi connectivity index (χ2v) is 5.40. The van der Waals surface area contributed by atoms with Crippen LogP contribution in [0.3, 0.4) is 0 Å². The fourth-order valence-electron chi connectivity index (χ4n) is 1.95. The number of aryl methyl sites for hydroxylation is 1. The third kappa shape index (κ3) is 3.93. The standard InChI is InChI=1S/C16H18ClFN2O/c1-3-12(19)8-11-7-10(2)16(20-9-11)21-14-6-4-5-13(17)15(14)18/h4-7,9,12H,3,8,19H2,1-2H3. The normalized spacial score (nSPS) is 12.2. The fourth-order valence-corrected chi connectivity index (χ4v) is 2.12. The molecule has 0 amide bonds. The highest BCUT2D eigenvalue weighted by Crippen LogP contribution is 2.29. The number of ether oxygens (including phenoxy) is 1. The van der Waals surface area contributed by atoms with Crippen LogP contribution in [-0.2, 0) is 6.42 Å². The number of nitrogens with zero attached hydrogens (tertiary/aromatic N) is 1. The summed E-state index contributed by atoms with van der Waals surface area (Å²) in [4.78, 5) is 4.24. The number of hydrogen-bond acceptors (Lipinski definition) is 3. The third-order valence-electron chi connectivity index (χ3n) is 3.23. The van der Waals surface area contributed by atoms with Crippen LogP contribution in [0.25, 0.3) is 0 Å². The monoisotopic (exact) mass is 308 g/mol. The van der Waals surface area contributed by atoms with E-state index in [-0.39, 0.29) is 16.8 Å². The molecule has 0 aliphatic rings. The second-order valence-electron chi connectivity index (χ2n) is 4.99. The van der Waals surface area contributed by atoms with Crippen LogP contribution < -0.4 is 10.5 Å². The molecule has 1 unspecified atom stereocenters. The van der Waals surface area contributed by atoms with Crippen LogP contribution in [0.4, 0.5) is 4.39 Å². The number of aromatic nitrogens is 1. The molecule has 5 heteroatoms. The van der Waals surface area contributed by atoms with Gasteiger partial charge in [0.05, 0.1) is 5.02 Å². The lowest BCUT2D eigenvalue weighted by Gasteiger charge is -2.12. The molecule has 0 saturated heterocycles. The number of nitrogens with two attached hydrogens (primary N) is 1. The average Bonchev–Trinajstić information content (AvgIpc) is 2.46. The smallest absolute Gasteiger partial charge is 0.222 e. The molecule has 1 aromatic heterocycles. The van der Waals surface area contributed by atoms with Crippen LogP contribution in [-0.4, -0.2) is 11.0 Å². The molecule has 1 atom stereocenters. The molecule has 2 rings (SSSR count). The van der Waals surface area contributed by atoms with Crippen molar-refractivity contribution in [3.8, 4) is 11.6 Å². The molecule has 112 valence electrons. The summed E-state index contributed by atoms with van der Waals surface area (Å²) >= 11 is 5.73. The van der Waals surface area contributed by atoms with Crippen molar-refractivity contribution < 1.29 is 9.13 Å². The van der Waals surface area contributed by atoms with Crippen molar-refractivity contribution >= 4 is 11.6 Å². The number of pyridine rings is 1. The Hall–Kier alpha value is -1.65. The van der Waals surface area contributed by atoms with E-state index in [1.54, 1.807) is 12.3 Å². The van der Waals surface area contributed by atoms with E-state index in [0.29, 0.717) is 5.88 Å². The van der Waals surface area contributed by atoms with Gasteiger partial charge in [-0.25, -0.2) is 9.37 Å². The summed E-state index contributed by atoms with van der Waals surface area (Å²) in [6.45, 7) is 3.91. The molecule has 1 heterocycles. The van der Waals surface area contributed by atoms with Crippen LogP contribution >= 0.6 is 11.6 Å². The Labute approximate surface area is 128 Å². The maximum atomic E-state index is 13.8. The number of hydrogen-bond donors (Lipinski definition) is 1. The van der Waals surface area contributed by atoms with Gasteiger partial charge in [-0.15, -0.1) is 0 Å². The van der Waals surface area contributed by atoms with Gasteiger partial charge in [0.25, 0.3) is 0 Å². The van der Waals surface area contributed by atoms with E-state index in [0.717, 1.165) is 24.0 Å². The highest BCUT2D eigenvalue weighted by Gasteiger charge is 2.11. The van der Waals surface area contributed by atoms with Gasteiger partial charge in [-0.2, -0.15) is 0 Å². The van der Waals surface area contributed by atoms with Crippen LogP contribution in [0.5, 0.6) is 11.6 Å². The lowest BCUT2D eigenvalue weighted by molar-refractivity contribution is 0.424. The largest absolute Gasteiger partial charge is 0.436 e. The minimum atomic E-state index is -0.586. The zero-order valence-corrected chi connectivity index (χ0v) is 12.8. The lowest BCUT2D eigenvalue weighted by Crippen LogP contribution is -2.21. The van der Waals surface area contributed by atoms with Gasteiger partial charge >= 0.3 is 0 Å². The van der Waals surface area contributed by atoms with Gasteiger partial charge in [0.1, 0.15) is 0 Å². The highest BCUT2D eigenvalue weighted by atomic mass is 35.5. The molecular formula is C16H18ClFN2O. The van der Waals surface area contributed by atoms with E-state index in [9.17, 15) is 4.39 Å². The first-order valence-corrected chi connectivity index (χ1v) is 7.22. The molecule has 0 fully saturated rings. The molecule has 0 spiro atoms. The molecule has 2 N–H and O–H groups in total. The van der Waals surface area contributed by atoms with Crippen molar-refractivity contribution in [2.24, 2.45) is 5.73 Å². The molecular weight excluding hydrogens is 291 g/mol. The van der Waals surface area contributed by atoms with Gasteiger partial charge in [0.15, 0.2) is 11.6 Å². The van der Waals surface area contributed by atoms with E-state index < -0.39 is 5.82 Å². The van der Waals surface area contributed by atoms with E-state index in [1.165, 1.54) is 12.1 Å². The zero-order valence-electron chi connectivity index (χ0n) is 12.1. The van der Waals surface area contributed by atoms with Crippen molar-refractivity contribution in [2.45, 2.75) is 32.7 Å². The Bertz CT molecular complexity index is 634. The average molecular weight is 309 g/mol. The Kier molecular flexibility index (Phi) is 5.15. The molecule has 0 saturated carbocycles. The first-order valence-electron chi connectivity index (χ1n) is 6.84.